The summed E-state index contributed by atoms with van der Waals surface area (Å²) in [5.74, 6) is -2.39. The minimum Gasteiger partial charge on any atom is -0.308 e. The largest absolute Gasteiger partial charge is 0.308 e. The van der Waals surface area contributed by atoms with Gasteiger partial charge in [0.15, 0.2) is 10.9 Å². The molecule has 0 amide bonds. The molecule has 0 bridgehead atoms. The molecule has 1 N–H and O–H groups in total. The van der Waals surface area contributed by atoms with Crippen LogP contribution in [0.1, 0.15) is 6.92 Å². The number of hydrogen-bond acceptors (Lipinski definition) is 6. The molecular weight excluding hydrogens is 379 g/mol. The van der Waals surface area contributed by atoms with Crippen LogP contribution in [0.2, 0.25) is 0 Å². The van der Waals surface area contributed by atoms with Gasteiger partial charge >= 0.3 is 0 Å². The van der Waals surface area contributed by atoms with Crippen LogP contribution < -0.4 is 5.56 Å². The number of aromatic nitrogens is 2. The molecule has 0 saturated heterocycles. The Bertz CT molecular complexity index is 1180. The minimum atomic E-state index is -1.15. The van der Waals surface area contributed by atoms with Crippen molar-refractivity contribution in [3.8, 4) is 11.8 Å². The van der Waals surface area contributed by atoms with Gasteiger partial charge in [-0.15, -0.1) is 0 Å². The number of hydrogen-bond donors (Lipinski definition) is 1. The summed E-state index contributed by atoms with van der Waals surface area (Å²) < 4.78 is 15.5. The van der Waals surface area contributed by atoms with Crippen LogP contribution in [0.5, 0.6) is 0 Å². The Morgan fingerprint density at radius 1 is 1.29 bits per heavy atom. The Balaban J connectivity index is 2.11. The Kier molecular flexibility index (Phi) is 5.66. The van der Waals surface area contributed by atoms with Crippen molar-refractivity contribution in [1.82, 2.24) is 9.55 Å². The lowest BCUT2D eigenvalue weighted by Crippen LogP contribution is -2.25. The van der Waals surface area contributed by atoms with Gasteiger partial charge in [0.25, 0.3) is 5.56 Å². The third kappa shape index (κ3) is 3.70. The van der Waals surface area contributed by atoms with Gasteiger partial charge < -0.3 is 5.41 Å². The Hall–Kier alpha value is -3.31. The van der Waals surface area contributed by atoms with E-state index in [1.54, 1.807) is 36.4 Å². The number of thioether (sulfide) groups is 1. The number of Topliss-reactive ketones (excluding diaryl/α,β-unsaturated/α-hetero) is 1. The SMILES string of the molecule is CC(=N)C(C#N)C(=O)CSc1nc2ccccc2c(=O)n1-c1ccccc1F. The molecule has 0 aliphatic rings. The molecule has 0 aliphatic heterocycles. The van der Waals surface area contributed by atoms with Crippen molar-refractivity contribution in [2.24, 2.45) is 5.92 Å². The first kappa shape index (κ1) is 19.5. The molecule has 2 aromatic carbocycles. The molecule has 3 rings (SSSR count). The molecule has 1 aromatic heterocycles. The van der Waals surface area contributed by atoms with E-state index < -0.39 is 23.1 Å². The van der Waals surface area contributed by atoms with E-state index in [1.807, 2.05) is 0 Å². The molecule has 0 fully saturated rings. The van der Waals surface area contributed by atoms with Crippen molar-refractivity contribution in [3.63, 3.8) is 0 Å². The van der Waals surface area contributed by atoms with Crippen LogP contribution in [0, 0.1) is 28.5 Å². The van der Waals surface area contributed by atoms with Gasteiger partial charge in [-0.3, -0.25) is 14.2 Å². The monoisotopic (exact) mass is 394 g/mol. The fourth-order valence-corrected chi connectivity index (χ4v) is 3.60. The van der Waals surface area contributed by atoms with Gasteiger partial charge in [0, 0.05) is 5.71 Å². The highest BCUT2D eigenvalue weighted by atomic mass is 32.2. The standard InChI is InChI=1S/C20H15FN4O2S/c1-12(23)14(10-22)18(26)11-28-20-24-16-8-4-2-6-13(16)19(27)25(20)17-9-5-3-7-15(17)21/h2-9,14,23H,11H2,1H3. The Labute approximate surface area is 164 Å². The van der Waals surface area contributed by atoms with E-state index in [4.69, 9.17) is 10.7 Å². The number of nitrogens with zero attached hydrogens (tertiary/aromatic N) is 3. The molecule has 0 aliphatic carbocycles. The number of carbonyl (C=O) groups excluding carboxylic acids is 1. The molecule has 0 radical (unpaired) electrons. The van der Waals surface area contributed by atoms with E-state index in [2.05, 4.69) is 4.98 Å². The average Bonchev–Trinajstić information content (AvgIpc) is 2.68. The number of fused-ring (bicyclic) bond motifs is 1. The lowest BCUT2D eigenvalue weighted by Gasteiger charge is -2.14. The second-order valence-electron chi connectivity index (χ2n) is 6.00. The first-order valence-electron chi connectivity index (χ1n) is 8.31. The van der Waals surface area contributed by atoms with Gasteiger partial charge in [-0.05, 0) is 31.2 Å². The van der Waals surface area contributed by atoms with E-state index in [9.17, 15) is 14.0 Å². The number of nitrogens with one attached hydrogen (secondary N) is 1. The number of para-hydroxylation sites is 2. The fourth-order valence-electron chi connectivity index (χ4n) is 2.68. The topological polar surface area (TPSA) is 99.6 Å². The van der Waals surface area contributed by atoms with Crippen LogP contribution in [-0.4, -0.2) is 26.8 Å². The summed E-state index contributed by atoms with van der Waals surface area (Å²) in [7, 11) is 0. The first-order valence-corrected chi connectivity index (χ1v) is 9.29. The maximum absolute atomic E-state index is 14.4. The Morgan fingerprint density at radius 3 is 2.64 bits per heavy atom. The maximum Gasteiger partial charge on any atom is 0.266 e. The molecule has 6 nitrogen and oxygen atoms in total. The minimum absolute atomic E-state index is 0.0285. The fraction of sp³-hybridized carbons (Fsp3) is 0.150. The van der Waals surface area contributed by atoms with Gasteiger partial charge in [0.05, 0.1) is 28.4 Å². The van der Waals surface area contributed by atoms with E-state index in [1.165, 1.54) is 25.1 Å². The van der Waals surface area contributed by atoms with Gasteiger partial charge in [-0.1, -0.05) is 36.0 Å². The van der Waals surface area contributed by atoms with Crippen LogP contribution in [0.4, 0.5) is 4.39 Å². The maximum atomic E-state index is 14.4. The highest BCUT2D eigenvalue weighted by molar-refractivity contribution is 7.99. The molecule has 8 heteroatoms. The third-order valence-electron chi connectivity index (χ3n) is 4.07. The van der Waals surface area contributed by atoms with Gasteiger partial charge in [-0.2, -0.15) is 5.26 Å². The van der Waals surface area contributed by atoms with Crippen molar-refractivity contribution in [2.45, 2.75) is 12.1 Å². The predicted molar refractivity (Wildman–Crippen MR) is 106 cm³/mol. The lowest BCUT2D eigenvalue weighted by atomic mass is 10.0. The molecular formula is C20H15FN4O2S. The number of halogens is 1. The summed E-state index contributed by atoms with van der Waals surface area (Å²) in [4.78, 5) is 29.7. The molecule has 1 unspecified atom stereocenters. The third-order valence-corrected chi connectivity index (χ3v) is 5.03. The molecule has 0 saturated carbocycles. The highest BCUT2D eigenvalue weighted by Crippen LogP contribution is 2.23. The van der Waals surface area contributed by atoms with E-state index in [-0.39, 0.29) is 22.3 Å². The number of benzene rings is 2. The molecule has 140 valence electrons. The zero-order valence-corrected chi connectivity index (χ0v) is 15.7. The van der Waals surface area contributed by atoms with Crippen molar-refractivity contribution >= 4 is 34.2 Å². The highest BCUT2D eigenvalue weighted by Gasteiger charge is 2.22. The van der Waals surface area contributed by atoms with E-state index >= 15 is 0 Å². The summed E-state index contributed by atoms with van der Waals surface area (Å²) in [6, 6.07) is 14.3. The molecule has 0 spiro atoms. The van der Waals surface area contributed by atoms with Crippen LogP contribution in [0.25, 0.3) is 16.6 Å². The quantitative estimate of drug-likeness (QED) is 0.393. The molecule has 1 atom stereocenters. The number of ketones is 1. The van der Waals surface area contributed by atoms with Crippen LogP contribution in [0.15, 0.2) is 58.5 Å². The smallest absolute Gasteiger partial charge is 0.266 e. The normalized spacial score (nSPS) is 11.8. The van der Waals surface area contributed by atoms with Gasteiger partial charge in [0.1, 0.15) is 11.7 Å². The van der Waals surface area contributed by atoms with Gasteiger partial charge in [0.2, 0.25) is 0 Å². The number of carbonyl (C=O) groups is 1. The van der Waals surface area contributed by atoms with E-state index in [0.29, 0.717) is 10.9 Å². The summed E-state index contributed by atoms with van der Waals surface area (Å²) >= 11 is 0.937. The van der Waals surface area contributed by atoms with Crippen LogP contribution in [-0.2, 0) is 4.79 Å². The van der Waals surface area contributed by atoms with Crippen LogP contribution in [0.3, 0.4) is 0 Å². The van der Waals surface area contributed by atoms with Crippen molar-refractivity contribution in [2.75, 3.05) is 5.75 Å². The predicted octanol–water partition coefficient (Wildman–Crippen LogP) is 3.37. The first-order chi connectivity index (χ1) is 13.4. The lowest BCUT2D eigenvalue weighted by molar-refractivity contribution is -0.117. The Morgan fingerprint density at radius 2 is 1.96 bits per heavy atom. The zero-order valence-electron chi connectivity index (χ0n) is 14.8. The van der Waals surface area contributed by atoms with Gasteiger partial charge in [-0.25, -0.2) is 9.37 Å². The second kappa shape index (κ2) is 8.15. The summed E-state index contributed by atoms with van der Waals surface area (Å²) in [6.45, 7) is 1.39. The number of nitriles is 1. The molecule has 3 aromatic rings. The molecule has 28 heavy (non-hydrogen) atoms. The molecule has 1 heterocycles. The summed E-state index contributed by atoms with van der Waals surface area (Å²) in [5, 5.41) is 17.1. The van der Waals surface area contributed by atoms with Crippen molar-refractivity contribution < 1.29 is 9.18 Å². The van der Waals surface area contributed by atoms with Crippen molar-refractivity contribution in [3.05, 3.63) is 64.7 Å². The zero-order chi connectivity index (χ0) is 20.3. The average molecular weight is 394 g/mol. The summed E-state index contributed by atoms with van der Waals surface area (Å²) in [5.41, 5.74) is -0.0485. The van der Waals surface area contributed by atoms with Crippen molar-refractivity contribution in [1.29, 1.82) is 10.7 Å². The van der Waals surface area contributed by atoms with E-state index in [0.717, 1.165) is 16.3 Å². The number of rotatable bonds is 6. The van der Waals surface area contributed by atoms with Crippen LogP contribution >= 0.6 is 11.8 Å². The second-order valence-corrected chi connectivity index (χ2v) is 6.95. The summed E-state index contributed by atoms with van der Waals surface area (Å²) in [6.07, 6.45) is 0.